The van der Waals surface area contributed by atoms with E-state index in [1.807, 2.05) is 32.0 Å². The fraction of sp³-hybridized carbons (Fsp3) is 0.263. The van der Waals surface area contributed by atoms with E-state index in [4.69, 9.17) is 9.47 Å². The lowest BCUT2D eigenvalue weighted by Gasteiger charge is -2.10. The van der Waals surface area contributed by atoms with Crippen LogP contribution in [0.1, 0.15) is 21.5 Å². The van der Waals surface area contributed by atoms with Crippen molar-refractivity contribution >= 4 is 17.6 Å². The SMILES string of the molecule is Cc1ccc(OCCNC(=O)COC(=O)c2cccc([N+](=O)[O-])c2)c(C)c1. The monoisotopic (exact) mass is 372 g/mol. The second kappa shape index (κ2) is 9.33. The predicted octanol–water partition coefficient (Wildman–Crippen LogP) is 2.56. The van der Waals surface area contributed by atoms with Crippen molar-refractivity contribution < 1.29 is 24.0 Å². The van der Waals surface area contributed by atoms with Crippen LogP contribution in [0.15, 0.2) is 42.5 Å². The highest BCUT2D eigenvalue weighted by molar-refractivity contribution is 5.91. The minimum absolute atomic E-state index is 0.00943. The molecule has 0 spiro atoms. The van der Waals surface area contributed by atoms with Gasteiger partial charge in [-0.25, -0.2) is 4.79 Å². The Morgan fingerprint density at radius 3 is 2.63 bits per heavy atom. The molecule has 2 rings (SSSR count). The van der Waals surface area contributed by atoms with E-state index in [1.54, 1.807) is 0 Å². The fourth-order valence-electron chi connectivity index (χ4n) is 2.32. The van der Waals surface area contributed by atoms with Crippen LogP contribution >= 0.6 is 0 Å². The van der Waals surface area contributed by atoms with Gasteiger partial charge in [-0.05, 0) is 31.5 Å². The lowest BCUT2D eigenvalue weighted by Crippen LogP contribution is -2.32. The average Bonchev–Trinajstić information content (AvgIpc) is 2.64. The standard InChI is InChI=1S/C19H20N2O6/c1-13-6-7-17(14(2)10-13)26-9-8-20-18(22)12-27-19(23)15-4-3-5-16(11-15)21(24)25/h3-7,10-11H,8-9,12H2,1-2H3,(H,20,22). The quantitative estimate of drug-likeness (QED) is 0.330. The number of ether oxygens (including phenoxy) is 2. The van der Waals surface area contributed by atoms with Crippen LogP contribution < -0.4 is 10.1 Å². The van der Waals surface area contributed by atoms with Crippen molar-refractivity contribution in [3.63, 3.8) is 0 Å². The summed E-state index contributed by atoms with van der Waals surface area (Å²) in [4.78, 5) is 33.7. The Labute approximate surface area is 156 Å². The minimum atomic E-state index is -0.805. The summed E-state index contributed by atoms with van der Waals surface area (Å²) in [7, 11) is 0. The average molecular weight is 372 g/mol. The molecule has 0 aliphatic rings. The van der Waals surface area contributed by atoms with Gasteiger partial charge in [0, 0.05) is 12.1 Å². The van der Waals surface area contributed by atoms with Crippen molar-refractivity contribution in [1.29, 1.82) is 0 Å². The van der Waals surface area contributed by atoms with Crippen LogP contribution in [0.3, 0.4) is 0 Å². The molecule has 0 bridgehead atoms. The maximum absolute atomic E-state index is 11.9. The molecule has 0 aliphatic heterocycles. The number of carbonyl (C=O) groups excluding carboxylic acids is 2. The Hall–Kier alpha value is -3.42. The molecule has 0 saturated carbocycles. The maximum atomic E-state index is 11.9. The van der Waals surface area contributed by atoms with E-state index < -0.39 is 23.4 Å². The highest BCUT2D eigenvalue weighted by Crippen LogP contribution is 2.18. The second-order valence-corrected chi connectivity index (χ2v) is 5.85. The molecule has 2 aromatic rings. The van der Waals surface area contributed by atoms with E-state index in [1.165, 1.54) is 18.2 Å². The van der Waals surface area contributed by atoms with Crippen LogP contribution in [0, 0.1) is 24.0 Å². The summed E-state index contributed by atoms with van der Waals surface area (Å²) >= 11 is 0. The molecule has 0 radical (unpaired) electrons. The third-order valence-electron chi connectivity index (χ3n) is 3.64. The summed E-state index contributed by atoms with van der Waals surface area (Å²) < 4.78 is 10.4. The van der Waals surface area contributed by atoms with Crippen LogP contribution in [0.4, 0.5) is 5.69 Å². The molecule has 0 heterocycles. The molecule has 27 heavy (non-hydrogen) atoms. The summed E-state index contributed by atoms with van der Waals surface area (Å²) in [6.45, 7) is 3.97. The van der Waals surface area contributed by atoms with Gasteiger partial charge >= 0.3 is 5.97 Å². The largest absolute Gasteiger partial charge is 0.491 e. The molecule has 0 unspecified atom stereocenters. The van der Waals surface area contributed by atoms with E-state index in [0.717, 1.165) is 22.9 Å². The molecule has 1 amide bonds. The van der Waals surface area contributed by atoms with Gasteiger partial charge in [0.15, 0.2) is 6.61 Å². The smallest absolute Gasteiger partial charge is 0.338 e. The summed E-state index contributed by atoms with van der Waals surface area (Å²) in [6.07, 6.45) is 0. The third kappa shape index (κ3) is 6.10. The Kier molecular flexibility index (Phi) is 6.87. The van der Waals surface area contributed by atoms with Gasteiger partial charge in [-0.15, -0.1) is 0 Å². The molecule has 0 saturated heterocycles. The van der Waals surface area contributed by atoms with Crippen LogP contribution in [0.25, 0.3) is 0 Å². The lowest BCUT2D eigenvalue weighted by molar-refractivity contribution is -0.384. The Bertz CT molecular complexity index is 850. The van der Waals surface area contributed by atoms with Gasteiger partial charge in [0.2, 0.25) is 0 Å². The van der Waals surface area contributed by atoms with Crippen molar-refractivity contribution in [2.24, 2.45) is 0 Å². The molecule has 1 N–H and O–H groups in total. The van der Waals surface area contributed by atoms with Crippen molar-refractivity contribution in [3.05, 3.63) is 69.3 Å². The lowest BCUT2D eigenvalue weighted by atomic mass is 10.1. The second-order valence-electron chi connectivity index (χ2n) is 5.85. The van der Waals surface area contributed by atoms with Crippen LogP contribution in [-0.2, 0) is 9.53 Å². The minimum Gasteiger partial charge on any atom is -0.491 e. The van der Waals surface area contributed by atoms with Gasteiger partial charge in [-0.1, -0.05) is 23.8 Å². The van der Waals surface area contributed by atoms with Gasteiger partial charge in [0.05, 0.1) is 17.0 Å². The molecule has 8 nitrogen and oxygen atoms in total. The topological polar surface area (TPSA) is 108 Å². The van der Waals surface area contributed by atoms with E-state index >= 15 is 0 Å². The number of nitro groups is 1. The number of carbonyl (C=O) groups is 2. The van der Waals surface area contributed by atoms with Gasteiger partial charge in [0.1, 0.15) is 12.4 Å². The highest BCUT2D eigenvalue weighted by atomic mass is 16.6. The van der Waals surface area contributed by atoms with Gasteiger partial charge in [-0.2, -0.15) is 0 Å². The zero-order chi connectivity index (χ0) is 19.8. The summed E-state index contributed by atoms with van der Waals surface area (Å²) in [5.41, 5.74) is 1.93. The number of aryl methyl sites for hydroxylation is 2. The molecule has 0 atom stereocenters. The van der Waals surface area contributed by atoms with Crippen molar-refractivity contribution in [2.45, 2.75) is 13.8 Å². The van der Waals surface area contributed by atoms with Crippen LogP contribution in [-0.4, -0.2) is 36.6 Å². The molecule has 8 heteroatoms. The van der Waals surface area contributed by atoms with Gasteiger partial charge in [-0.3, -0.25) is 14.9 Å². The first-order valence-electron chi connectivity index (χ1n) is 8.25. The predicted molar refractivity (Wildman–Crippen MR) is 97.8 cm³/mol. The number of benzene rings is 2. The Balaban J connectivity index is 1.72. The number of hydrogen-bond donors (Lipinski definition) is 1. The first kappa shape index (κ1) is 19.9. The highest BCUT2D eigenvalue weighted by Gasteiger charge is 2.14. The Morgan fingerprint density at radius 2 is 1.93 bits per heavy atom. The van der Waals surface area contributed by atoms with Gasteiger partial charge in [0.25, 0.3) is 11.6 Å². The third-order valence-corrected chi connectivity index (χ3v) is 3.64. The van der Waals surface area contributed by atoms with Crippen LogP contribution in [0.5, 0.6) is 5.75 Å². The molecule has 0 fully saturated rings. The van der Waals surface area contributed by atoms with E-state index in [-0.39, 0.29) is 24.4 Å². The zero-order valence-electron chi connectivity index (χ0n) is 15.1. The number of nitrogens with one attached hydrogen (secondary N) is 1. The summed E-state index contributed by atoms with van der Waals surface area (Å²) in [6, 6.07) is 10.9. The normalized spacial score (nSPS) is 10.1. The molecular formula is C19H20N2O6. The number of non-ortho nitro benzene ring substituents is 1. The summed E-state index contributed by atoms with van der Waals surface area (Å²) in [5, 5.41) is 13.3. The van der Waals surface area contributed by atoms with E-state index in [0.29, 0.717) is 0 Å². The van der Waals surface area contributed by atoms with E-state index in [2.05, 4.69) is 5.32 Å². The molecule has 0 aromatic heterocycles. The number of nitro benzene ring substituents is 1. The number of rotatable bonds is 8. The maximum Gasteiger partial charge on any atom is 0.338 e. The number of amides is 1. The molecule has 142 valence electrons. The number of esters is 1. The molecular weight excluding hydrogens is 352 g/mol. The van der Waals surface area contributed by atoms with Crippen molar-refractivity contribution in [2.75, 3.05) is 19.8 Å². The van der Waals surface area contributed by atoms with Crippen molar-refractivity contribution in [3.8, 4) is 5.75 Å². The zero-order valence-corrected chi connectivity index (χ0v) is 15.1. The number of nitrogens with zero attached hydrogens (tertiary/aromatic N) is 1. The molecule has 0 aliphatic carbocycles. The van der Waals surface area contributed by atoms with E-state index in [9.17, 15) is 19.7 Å². The number of hydrogen-bond acceptors (Lipinski definition) is 6. The first-order valence-corrected chi connectivity index (χ1v) is 8.25. The summed E-state index contributed by atoms with van der Waals surface area (Å²) in [5.74, 6) is -0.551. The fourth-order valence-corrected chi connectivity index (χ4v) is 2.32. The van der Waals surface area contributed by atoms with Crippen LogP contribution in [0.2, 0.25) is 0 Å². The first-order chi connectivity index (χ1) is 12.9. The molecule has 2 aromatic carbocycles. The van der Waals surface area contributed by atoms with Gasteiger partial charge < -0.3 is 14.8 Å². The Morgan fingerprint density at radius 1 is 1.15 bits per heavy atom. The van der Waals surface area contributed by atoms with Crippen molar-refractivity contribution in [1.82, 2.24) is 5.32 Å².